The molecule has 3 amide bonds. The molecule has 0 aliphatic carbocycles. The molecule has 19 heteroatoms. The Balaban J connectivity index is 0.000000954. The molecule has 2 saturated heterocycles. The fraction of sp³-hybridized carbons (Fsp3) is 0.610. The third kappa shape index (κ3) is 17.1. The number of anilines is 1. The van der Waals surface area contributed by atoms with Crippen LogP contribution < -0.4 is 15.1 Å². The molecule has 0 spiro atoms. The molecule has 18 nitrogen and oxygen atoms in total. The van der Waals surface area contributed by atoms with Crippen molar-refractivity contribution in [1.82, 2.24) is 25.1 Å². The number of methoxy groups -OCH3 is 1. The van der Waals surface area contributed by atoms with Gasteiger partial charge < -0.3 is 49.0 Å². The number of carbonyl (C=O) groups is 5. The van der Waals surface area contributed by atoms with Gasteiger partial charge in [-0.25, -0.2) is 14.8 Å². The Morgan fingerprint density at radius 1 is 0.883 bits per heavy atom. The van der Waals surface area contributed by atoms with E-state index in [1.807, 2.05) is 11.0 Å². The van der Waals surface area contributed by atoms with E-state index < -0.39 is 50.4 Å². The van der Waals surface area contributed by atoms with E-state index in [2.05, 4.69) is 24.1 Å². The summed E-state index contributed by atoms with van der Waals surface area (Å²) in [5.74, 6) is -1.42. The fourth-order valence-corrected chi connectivity index (χ4v) is 6.67. The van der Waals surface area contributed by atoms with Crippen molar-refractivity contribution in [2.75, 3.05) is 64.5 Å². The van der Waals surface area contributed by atoms with Gasteiger partial charge >= 0.3 is 24.5 Å². The SMILES string of the molecule is CCCC(=O)OC(OC(=O)CCC)O[P+]([O-])=C[C@H](NC(=O)c1cc(N2CC[C@H](OC)C2)nc(-c2ccccc2)n1)C(=O)N1CCN(C(=O)O)CC1.CCCCOCCCC. The van der Waals surface area contributed by atoms with Crippen LogP contribution in [0.3, 0.4) is 0 Å². The number of benzene rings is 1. The molecule has 0 radical (unpaired) electrons. The lowest BCUT2D eigenvalue weighted by atomic mass is 10.2. The van der Waals surface area contributed by atoms with Gasteiger partial charge in [0.05, 0.1) is 6.10 Å². The largest absolute Gasteiger partial charge is 0.603 e. The highest BCUT2D eigenvalue weighted by Gasteiger charge is 2.34. The highest BCUT2D eigenvalue weighted by Crippen LogP contribution is 2.25. The quantitative estimate of drug-likeness (QED) is 0.0771. The number of unbranched alkanes of at least 4 members (excludes halogenated alkanes) is 2. The van der Waals surface area contributed by atoms with Crippen molar-refractivity contribution in [3.63, 3.8) is 0 Å². The van der Waals surface area contributed by atoms with Gasteiger partial charge in [-0.2, -0.15) is 0 Å². The van der Waals surface area contributed by atoms with Crippen LogP contribution in [-0.2, 0) is 37.9 Å². The Morgan fingerprint density at radius 3 is 2.02 bits per heavy atom. The molecule has 0 bridgehead atoms. The third-order valence-corrected chi connectivity index (χ3v) is 10.2. The number of piperazine rings is 1. The molecule has 3 atom stereocenters. The third-order valence-electron chi connectivity index (χ3n) is 9.30. The predicted octanol–water partition coefficient (Wildman–Crippen LogP) is 4.35. The molecular formula is C41H61N6O12P. The Bertz CT molecular complexity index is 1670. The van der Waals surface area contributed by atoms with Crippen LogP contribution in [0.15, 0.2) is 36.4 Å². The molecule has 332 valence electrons. The molecule has 1 aromatic carbocycles. The van der Waals surface area contributed by atoms with E-state index in [4.69, 9.17) is 28.5 Å². The number of aromatic nitrogens is 2. The number of carboxylic acid groups (broad SMARTS) is 1. The molecule has 2 aliphatic rings. The van der Waals surface area contributed by atoms with Crippen molar-refractivity contribution in [2.45, 2.75) is 104 Å². The van der Waals surface area contributed by atoms with Crippen LogP contribution in [0.5, 0.6) is 0 Å². The van der Waals surface area contributed by atoms with Gasteiger partial charge in [0.15, 0.2) is 11.9 Å². The lowest BCUT2D eigenvalue weighted by Gasteiger charge is -2.34. The zero-order valence-electron chi connectivity index (χ0n) is 35.4. The van der Waals surface area contributed by atoms with Crippen molar-refractivity contribution < 1.29 is 57.4 Å². The zero-order chi connectivity index (χ0) is 43.9. The maximum atomic E-state index is 13.9. The van der Waals surface area contributed by atoms with Gasteiger partial charge in [0.2, 0.25) is 8.00 Å². The fourth-order valence-electron chi connectivity index (χ4n) is 5.89. The highest BCUT2D eigenvalue weighted by molar-refractivity contribution is 7.45. The monoisotopic (exact) mass is 860 g/mol. The summed E-state index contributed by atoms with van der Waals surface area (Å²) >= 11 is 0. The first-order valence-corrected chi connectivity index (χ1v) is 21.9. The van der Waals surface area contributed by atoms with E-state index >= 15 is 0 Å². The molecule has 1 unspecified atom stereocenters. The molecule has 60 heavy (non-hydrogen) atoms. The minimum Gasteiger partial charge on any atom is -0.603 e. The average Bonchev–Trinajstić information content (AvgIpc) is 3.73. The Morgan fingerprint density at radius 2 is 1.48 bits per heavy atom. The van der Waals surface area contributed by atoms with Crippen LogP contribution in [0.2, 0.25) is 0 Å². The number of ether oxygens (including phenoxy) is 4. The number of amides is 3. The van der Waals surface area contributed by atoms with Crippen LogP contribution in [0, 0.1) is 0 Å². The molecule has 1 aromatic heterocycles. The molecular weight excluding hydrogens is 799 g/mol. The van der Waals surface area contributed by atoms with Gasteiger partial charge in [0.25, 0.3) is 11.8 Å². The number of rotatable bonds is 21. The summed E-state index contributed by atoms with van der Waals surface area (Å²) in [7, 11) is -1.40. The van der Waals surface area contributed by atoms with Gasteiger partial charge in [0, 0.05) is 84.1 Å². The average molecular weight is 861 g/mol. The normalized spacial score (nSPS) is 15.9. The minimum absolute atomic E-state index is 0.000305. The number of carbonyl (C=O) groups excluding carboxylic acids is 4. The van der Waals surface area contributed by atoms with Crippen molar-refractivity contribution in [3.8, 4) is 11.4 Å². The maximum Gasteiger partial charge on any atom is 0.407 e. The lowest BCUT2D eigenvalue weighted by molar-refractivity contribution is -0.253. The summed E-state index contributed by atoms with van der Waals surface area (Å²) in [6, 6.07) is 8.92. The second-order valence-corrected chi connectivity index (χ2v) is 15.1. The van der Waals surface area contributed by atoms with Crippen LogP contribution in [0.4, 0.5) is 10.6 Å². The minimum atomic E-state index is -3.03. The zero-order valence-corrected chi connectivity index (χ0v) is 36.3. The highest BCUT2D eigenvalue weighted by atomic mass is 31.1. The second kappa shape index (κ2) is 27.2. The van der Waals surface area contributed by atoms with E-state index in [1.165, 1.54) is 36.6 Å². The topological polar surface area (TPSA) is 222 Å². The van der Waals surface area contributed by atoms with Crippen LogP contribution in [-0.4, -0.2) is 139 Å². The first kappa shape index (κ1) is 49.6. The summed E-state index contributed by atoms with van der Waals surface area (Å²) in [5.41, 5.74) is 0.557. The molecule has 2 aromatic rings. The molecule has 4 rings (SSSR count). The molecule has 0 saturated carbocycles. The van der Waals surface area contributed by atoms with E-state index in [1.54, 1.807) is 45.2 Å². The van der Waals surface area contributed by atoms with Crippen LogP contribution in [0.25, 0.3) is 11.4 Å². The van der Waals surface area contributed by atoms with Gasteiger partial charge in [-0.15, -0.1) is 0 Å². The number of nitrogens with one attached hydrogen (secondary N) is 1. The second-order valence-electron chi connectivity index (χ2n) is 14.1. The molecule has 2 aliphatic heterocycles. The van der Waals surface area contributed by atoms with Gasteiger partial charge in [-0.05, 0) is 32.1 Å². The first-order chi connectivity index (χ1) is 28.9. The number of nitrogens with zero attached hydrogens (tertiary/aromatic N) is 5. The van der Waals surface area contributed by atoms with Crippen LogP contribution in [0.1, 0.15) is 96.0 Å². The lowest BCUT2D eigenvalue weighted by Crippen LogP contribution is -2.56. The number of hydrogen-bond acceptors (Lipinski definition) is 14. The van der Waals surface area contributed by atoms with Gasteiger partial charge in [0.1, 0.15) is 17.3 Å². The molecule has 3 heterocycles. The van der Waals surface area contributed by atoms with E-state index in [0.29, 0.717) is 37.3 Å². The van der Waals surface area contributed by atoms with Crippen LogP contribution >= 0.6 is 8.00 Å². The number of hydrogen-bond donors (Lipinski definition) is 2. The van der Waals surface area contributed by atoms with E-state index in [9.17, 15) is 34.0 Å². The standard InChI is InChI=1S/C33H43N6O11P.C8H18O/c1-4-9-27(40)48-33(49-28(41)10-5-2)50-51(46)21-25(31(43)37-15-17-38(18-16-37)32(44)45)35-30(42)24-19-26(39-14-13-23(20-39)47-3)36-29(34-24)22-11-7-6-8-12-22;1-3-5-7-9-8-6-4-2/h6-8,11-12,19,21,23,25,33H,4-5,9-10,13-18,20H2,1-3H3,(H,35,42)(H,44,45);3-8H2,1-2H3/t23-,25-;/m0./s1. The molecule has 2 fully saturated rings. The summed E-state index contributed by atoms with van der Waals surface area (Å²) in [6.07, 6.45) is 5.28. The van der Waals surface area contributed by atoms with Crippen molar-refractivity contribution >= 4 is 49.5 Å². The van der Waals surface area contributed by atoms with Gasteiger partial charge in [-0.1, -0.05) is 75.4 Å². The Hall–Kier alpha value is -4.74. The smallest absolute Gasteiger partial charge is 0.407 e. The van der Waals surface area contributed by atoms with E-state index in [-0.39, 0.29) is 56.6 Å². The Labute approximate surface area is 353 Å². The van der Waals surface area contributed by atoms with Gasteiger partial charge in [-0.3, -0.25) is 19.2 Å². The summed E-state index contributed by atoms with van der Waals surface area (Å²) in [4.78, 5) is 90.5. The maximum absolute atomic E-state index is 13.9. The van der Waals surface area contributed by atoms with Crippen molar-refractivity contribution in [2.24, 2.45) is 0 Å². The first-order valence-electron chi connectivity index (χ1n) is 20.7. The molecule has 2 N–H and O–H groups in total. The summed E-state index contributed by atoms with van der Waals surface area (Å²) in [6.45, 7) is 8.95. The Kier molecular flexibility index (Phi) is 22.5. The summed E-state index contributed by atoms with van der Waals surface area (Å²) < 4.78 is 26.2. The number of esters is 2. The van der Waals surface area contributed by atoms with Crippen molar-refractivity contribution in [3.05, 3.63) is 42.1 Å². The predicted molar refractivity (Wildman–Crippen MR) is 223 cm³/mol. The summed E-state index contributed by atoms with van der Waals surface area (Å²) in [5, 5.41) is 11.9. The van der Waals surface area contributed by atoms with E-state index in [0.717, 1.165) is 30.3 Å². The van der Waals surface area contributed by atoms with Crippen molar-refractivity contribution in [1.29, 1.82) is 0 Å².